The van der Waals surface area contributed by atoms with Gasteiger partial charge < -0.3 is 9.80 Å². The van der Waals surface area contributed by atoms with Crippen molar-refractivity contribution in [1.82, 2.24) is 14.7 Å². The first-order valence-electron chi connectivity index (χ1n) is 6.88. The molecule has 1 aromatic carbocycles. The van der Waals surface area contributed by atoms with Crippen LogP contribution in [0.2, 0.25) is 0 Å². The molecule has 0 spiro atoms. The molecule has 0 radical (unpaired) electrons. The summed E-state index contributed by atoms with van der Waals surface area (Å²) in [6.45, 7) is 1.15. The smallest absolute Gasteiger partial charge is 0.326 e. The van der Waals surface area contributed by atoms with Crippen molar-refractivity contribution in [3.05, 3.63) is 35.4 Å². The lowest BCUT2D eigenvalue weighted by Gasteiger charge is -2.20. The maximum atomic E-state index is 12.4. The Morgan fingerprint density at radius 1 is 1.14 bits per heavy atom. The molecule has 1 fully saturated rings. The zero-order valence-corrected chi connectivity index (χ0v) is 12.1. The molecule has 0 bridgehead atoms. The summed E-state index contributed by atoms with van der Waals surface area (Å²) in [5.74, 6) is -0.410. The molecule has 3 rings (SSSR count). The van der Waals surface area contributed by atoms with Gasteiger partial charge >= 0.3 is 6.03 Å². The normalized spacial score (nSPS) is 21.2. The monoisotopic (exact) mass is 287 g/mol. The second-order valence-electron chi connectivity index (χ2n) is 5.53. The number of imide groups is 1. The third-order valence-electron chi connectivity index (χ3n) is 4.23. The Kier molecular flexibility index (Phi) is 3.16. The van der Waals surface area contributed by atoms with Gasteiger partial charge in [0.25, 0.3) is 5.91 Å². The van der Waals surface area contributed by atoms with E-state index in [-0.39, 0.29) is 24.3 Å². The Morgan fingerprint density at radius 2 is 1.71 bits per heavy atom. The number of hydrogen-bond donors (Lipinski definition) is 0. The second-order valence-corrected chi connectivity index (χ2v) is 5.53. The van der Waals surface area contributed by atoms with Crippen LogP contribution in [0.4, 0.5) is 4.79 Å². The Bertz CT molecular complexity index is 603. The summed E-state index contributed by atoms with van der Waals surface area (Å²) in [5, 5.41) is 0. The fourth-order valence-corrected chi connectivity index (χ4v) is 2.88. The van der Waals surface area contributed by atoms with Crippen molar-refractivity contribution in [3.8, 4) is 0 Å². The van der Waals surface area contributed by atoms with Crippen LogP contribution >= 0.6 is 0 Å². The van der Waals surface area contributed by atoms with E-state index in [1.807, 2.05) is 24.3 Å². The molecule has 21 heavy (non-hydrogen) atoms. The highest BCUT2D eigenvalue weighted by Crippen LogP contribution is 2.24. The lowest BCUT2D eigenvalue weighted by Crippen LogP contribution is -2.37. The maximum Gasteiger partial charge on any atom is 0.326 e. The highest BCUT2D eigenvalue weighted by molar-refractivity contribution is 6.05. The third kappa shape index (κ3) is 2.16. The van der Waals surface area contributed by atoms with Gasteiger partial charge in [0, 0.05) is 27.2 Å². The quantitative estimate of drug-likeness (QED) is 0.756. The van der Waals surface area contributed by atoms with Crippen molar-refractivity contribution >= 4 is 17.8 Å². The van der Waals surface area contributed by atoms with Gasteiger partial charge in [-0.15, -0.1) is 0 Å². The molecule has 1 atom stereocenters. The Morgan fingerprint density at radius 3 is 2.19 bits per heavy atom. The van der Waals surface area contributed by atoms with Gasteiger partial charge in [0.2, 0.25) is 5.91 Å². The zero-order chi connectivity index (χ0) is 15.1. The van der Waals surface area contributed by atoms with Gasteiger partial charge in [-0.2, -0.15) is 0 Å². The summed E-state index contributed by atoms with van der Waals surface area (Å²) >= 11 is 0. The Balaban J connectivity index is 1.69. The number of likely N-dealkylation sites (N-methyl/N-ethyl adjacent to an activating group) is 2. The Labute approximate surface area is 122 Å². The number of rotatable bonds is 2. The molecule has 1 saturated heterocycles. The molecule has 0 unspecified atom stereocenters. The first-order valence-corrected chi connectivity index (χ1v) is 6.88. The van der Waals surface area contributed by atoms with Crippen molar-refractivity contribution in [2.24, 2.45) is 0 Å². The van der Waals surface area contributed by atoms with E-state index in [9.17, 15) is 14.4 Å². The van der Waals surface area contributed by atoms with Gasteiger partial charge in [0.1, 0.15) is 6.04 Å². The summed E-state index contributed by atoms with van der Waals surface area (Å²) < 4.78 is 0. The predicted molar refractivity (Wildman–Crippen MR) is 75.0 cm³/mol. The summed E-state index contributed by atoms with van der Waals surface area (Å²) in [4.78, 5) is 40.2. The molecule has 0 aliphatic carbocycles. The van der Waals surface area contributed by atoms with E-state index in [1.165, 1.54) is 11.9 Å². The van der Waals surface area contributed by atoms with Crippen molar-refractivity contribution in [1.29, 1.82) is 0 Å². The molecule has 0 saturated carbocycles. The van der Waals surface area contributed by atoms with Gasteiger partial charge in [0.15, 0.2) is 0 Å². The maximum absolute atomic E-state index is 12.4. The topological polar surface area (TPSA) is 60.9 Å². The summed E-state index contributed by atoms with van der Waals surface area (Å²) in [6, 6.07) is 6.88. The molecule has 110 valence electrons. The molecule has 0 aromatic heterocycles. The third-order valence-corrected chi connectivity index (χ3v) is 4.23. The standard InChI is InChI=1S/C15H17N3O3/c1-16-12(14(20)17(2)15(16)21)7-13(19)18-8-10-5-3-4-6-11(10)9-18/h3-6,12H,7-9H2,1-2H3/t12-/m1/s1. The number of carbonyl (C=O) groups excluding carboxylic acids is 3. The van der Waals surface area contributed by atoms with E-state index in [1.54, 1.807) is 11.9 Å². The van der Waals surface area contributed by atoms with Crippen LogP contribution in [0.25, 0.3) is 0 Å². The van der Waals surface area contributed by atoms with E-state index in [2.05, 4.69) is 0 Å². The van der Waals surface area contributed by atoms with Gasteiger partial charge in [0.05, 0.1) is 6.42 Å². The molecule has 0 N–H and O–H groups in total. The summed E-state index contributed by atoms with van der Waals surface area (Å²) in [5.41, 5.74) is 2.29. The van der Waals surface area contributed by atoms with Crippen LogP contribution < -0.4 is 0 Å². The molecule has 2 aliphatic rings. The van der Waals surface area contributed by atoms with E-state index < -0.39 is 6.04 Å². The van der Waals surface area contributed by atoms with Gasteiger partial charge in [-0.1, -0.05) is 24.3 Å². The first kappa shape index (κ1) is 13.6. The van der Waals surface area contributed by atoms with Gasteiger partial charge in [-0.3, -0.25) is 14.5 Å². The molecule has 6 nitrogen and oxygen atoms in total. The second kappa shape index (κ2) is 4.87. The van der Waals surface area contributed by atoms with E-state index in [4.69, 9.17) is 0 Å². The fourth-order valence-electron chi connectivity index (χ4n) is 2.88. The average Bonchev–Trinajstić information content (AvgIpc) is 2.99. The number of hydrogen-bond acceptors (Lipinski definition) is 3. The molecular weight excluding hydrogens is 270 g/mol. The largest absolute Gasteiger partial charge is 0.334 e. The van der Waals surface area contributed by atoms with Gasteiger partial charge in [-0.25, -0.2) is 4.79 Å². The number of amides is 4. The molecule has 2 aliphatic heterocycles. The van der Waals surface area contributed by atoms with E-state index in [0.29, 0.717) is 13.1 Å². The molecule has 2 heterocycles. The lowest BCUT2D eigenvalue weighted by molar-refractivity contribution is -0.136. The minimum absolute atomic E-state index is 0.0411. The van der Waals surface area contributed by atoms with Crippen LogP contribution in [0, 0.1) is 0 Å². The number of fused-ring (bicyclic) bond motifs is 1. The zero-order valence-electron chi connectivity index (χ0n) is 12.1. The summed E-state index contributed by atoms with van der Waals surface area (Å²) in [6.07, 6.45) is 0.0411. The van der Waals surface area contributed by atoms with E-state index >= 15 is 0 Å². The summed E-state index contributed by atoms with van der Waals surface area (Å²) in [7, 11) is 3.00. The molecule has 6 heteroatoms. The van der Waals surface area contributed by atoms with Crippen LogP contribution in [-0.2, 0) is 22.7 Å². The van der Waals surface area contributed by atoms with Crippen LogP contribution in [0.1, 0.15) is 17.5 Å². The minimum Gasteiger partial charge on any atom is -0.334 e. The highest BCUT2D eigenvalue weighted by Gasteiger charge is 2.42. The average molecular weight is 287 g/mol. The van der Waals surface area contributed by atoms with E-state index in [0.717, 1.165) is 16.0 Å². The number of carbonyl (C=O) groups is 3. The van der Waals surface area contributed by atoms with Crippen molar-refractivity contribution in [2.75, 3.05) is 14.1 Å². The lowest BCUT2D eigenvalue weighted by atomic mass is 10.1. The minimum atomic E-state index is -0.682. The van der Waals surface area contributed by atoms with Crippen molar-refractivity contribution in [2.45, 2.75) is 25.6 Å². The van der Waals surface area contributed by atoms with Crippen molar-refractivity contribution < 1.29 is 14.4 Å². The fraction of sp³-hybridized carbons (Fsp3) is 0.400. The molecule has 4 amide bonds. The van der Waals surface area contributed by atoms with Crippen molar-refractivity contribution in [3.63, 3.8) is 0 Å². The molecular formula is C15H17N3O3. The number of benzene rings is 1. The van der Waals surface area contributed by atoms with Crippen LogP contribution in [0.15, 0.2) is 24.3 Å². The first-order chi connectivity index (χ1) is 9.99. The van der Waals surface area contributed by atoms with Gasteiger partial charge in [-0.05, 0) is 11.1 Å². The molecule has 1 aromatic rings. The highest BCUT2D eigenvalue weighted by atomic mass is 16.2. The Hall–Kier alpha value is -2.37. The number of urea groups is 1. The predicted octanol–water partition coefficient (Wildman–Crippen LogP) is 0.811. The van der Waals surface area contributed by atoms with Crippen LogP contribution in [0.5, 0.6) is 0 Å². The van der Waals surface area contributed by atoms with Crippen LogP contribution in [-0.4, -0.2) is 52.7 Å². The van der Waals surface area contributed by atoms with Crippen LogP contribution in [0.3, 0.4) is 0 Å². The SMILES string of the molecule is CN1C(=O)[C@@H](CC(=O)N2Cc3ccccc3C2)N(C)C1=O. The number of nitrogens with zero attached hydrogens (tertiary/aromatic N) is 3.